The van der Waals surface area contributed by atoms with Gasteiger partial charge in [0.05, 0.1) is 0 Å². The highest BCUT2D eigenvalue weighted by molar-refractivity contribution is 7.16. The molecule has 0 unspecified atom stereocenters. The van der Waals surface area contributed by atoms with Crippen LogP contribution in [-0.4, -0.2) is 14.2 Å². The summed E-state index contributed by atoms with van der Waals surface area (Å²) in [4.78, 5) is 27.3. The molecule has 8 heteroatoms. The standard InChI is InChI=1S/C10H13N5O2S/c1-2-3-4-5-14-7-6(18-10(14)17)8(16)15(12)9(11)13-7/h3-4H,2,5,12H2,1H3,(H2,11,13)/b4-3+. The first-order valence-electron chi connectivity index (χ1n) is 5.38. The fourth-order valence-corrected chi connectivity index (χ4v) is 2.41. The van der Waals surface area contributed by atoms with Crippen molar-refractivity contribution in [3.8, 4) is 0 Å². The molecule has 7 nitrogen and oxygen atoms in total. The van der Waals surface area contributed by atoms with Gasteiger partial charge in [-0.3, -0.25) is 14.2 Å². The number of nitrogens with zero attached hydrogens (tertiary/aromatic N) is 3. The number of rotatable bonds is 3. The Morgan fingerprint density at radius 3 is 2.78 bits per heavy atom. The van der Waals surface area contributed by atoms with Gasteiger partial charge in [0, 0.05) is 6.54 Å². The Balaban J connectivity index is 2.68. The molecule has 0 atom stereocenters. The molecule has 0 saturated heterocycles. The van der Waals surface area contributed by atoms with Crippen molar-refractivity contribution in [2.24, 2.45) is 0 Å². The quantitative estimate of drug-likeness (QED) is 0.595. The van der Waals surface area contributed by atoms with E-state index in [1.165, 1.54) is 4.57 Å². The summed E-state index contributed by atoms with van der Waals surface area (Å²) in [5.74, 6) is 5.31. The second kappa shape index (κ2) is 4.65. The predicted octanol–water partition coefficient (Wildman–Crippen LogP) is -0.118. The molecule has 0 amide bonds. The fraction of sp³-hybridized carbons (Fsp3) is 0.300. The summed E-state index contributed by atoms with van der Waals surface area (Å²) in [6, 6.07) is 0. The van der Waals surface area contributed by atoms with Crippen LogP contribution in [0, 0.1) is 0 Å². The summed E-state index contributed by atoms with van der Waals surface area (Å²) in [6.45, 7) is 2.36. The summed E-state index contributed by atoms with van der Waals surface area (Å²) >= 11 is 0.828. The lowest BCUT2D eigenvalue weighted by molar-refractivity contribution is 0.815. The first-order valence-corrected chi connectivity index (χ1v) is 6.19. The van der Waals surface area contributed by atoms with E-state index in [9.17, 15) is 9.59 Å². The molecule has 0 spiro atoms. The lowest BCUT2D eigenvalue weighted by Crippen LogP contribution is -2.30. The number of aromatic nitrogens is 3. The number of anilines is 1. The van der Waals surface area contributed by atoms with Gasteiger partial charge >= 0.3 is 4.87 Å². The van der Waals surface area contributed by atoms with Gasteiger partial charge in [-0.15, -0.1) is 0 Å². The largest absolute Gasteiger partial charge is 0.368 e. The molecular weight excluding hydrogens is 254 g/mol. The van der Waals surface area contributed by atoms with Crippen LogP contribution < -0.4 is 22.0 Å². The molecule has 0 aliphatic heterocycles. The number of hydrogen-bond donors (Lipinski definition) is 2. The molecule has 96 valence electrons. The first-order chi connectivity index (χ1) is 8.56. The summed E-state index contributed by atoms with van der Waals surface area (Å²) in [5.41, 5.74) is 5.30. The molecule has 0 bridgehead atoms. The molecule has 4 N–H and O–H groups in total. The lowest BCUT2D eigenvalue weighted by atomic mass is 10.4. The third kappa shape index (κ3) is 1.90. The zero-order valence-corrected chi connectivity index (χ0v) is 10.6. The van der Waals surface area contributed by atoms with Crippen molar-refractivity contribution in [2.75, 3.05) is 11.6 Å². The molecular formula is C10H13N5O2S. The molecule has 0 aliphatic rings. The maximum Gasteiger partial charge on any atom is 0.309 e. The highest BCUT2D eigenvalue weighted by Crippen LogP contribution is 2.11. The van der Waals surface area contributed by atoms with Gasteiger partial charge < -0.3 is 11.6 Å². The number of nitrogen functional groups attached to an aromatic ring is 2. The third-order valence-electron chi connectivity index (χ3n) is 2.44. The number of hydrogen-bond acceptors (Lipinski definition) is 6. The van der Waals surface area contributed by atoms with Crippen LogP contribution in [0.5, 0.6) is 0 Å². The summed E-state index contributed by atoms with van der Waals surface area (Å²) < 4.78 is 2.37. The Labute approximate surface area is 106 Å². The maximum atomic E-state index is 11.8. The van der Waals surface area contributed by atoms with Crippen LogP contribution in [0.15, 0.2) is 21.7 Å². The number of thiazole rings is 1. The second-order valence-electron chi connectivity index (χ2n) is 3.66. The van der Waals surface area contributed by atoms with Crippen LogP contribution >= 0.6 is 11.3 Å². The molecule has 0 aliphatic carbocycles. The Kier molecular flexibility index (Phi) is 3.19. The molecule has 2 aromatic heterocycles. The van der Waals surface area contributed by atoms with Gasteiger partial charge in [0.2, 0.25) is 5.95 Å². The highest BCUT2D eigenvalue weighted by Gasteiger charge is 2.14. The second-order valence-corrected chi connectivity index (χ2v) is 4.62. The van der Waals surface area contributed by atoms with E-state index < -0.39 is 5.56 Å². The molecule has 0 fully saturated rings. The summed E-state index contributed by atoms with van der Waals surface area (Å²) in [7, 11) is 0. The van der Waals surface area contributed by atoms with E-state index in [0.29, 0.717) is 6.54 Å². The monoisotopic (exact) mass is 267 g/mol. The Bertz CT molecular complexity index is 724. The van der Waals surface area contributed by atoms with Crippen LogP contribution in [0.3, 0.4) is 0 Å². The van der Waals surface area contributed by atoms with Gasteiger partial charge in [0.25, 0.3) is 5.56 Å². The van der Waals surface area contributed by atoms with E-state index in [2.05, 4.69) is 4.98 Å². The minimum Gasteiger partial charge on any atom is -0.368 e. The van der Waals surface area contributed by atoms with E-state index in [1.807, 2.05) is 19.1 Å². The number of fused-ring (bicyclic) bond motifs is 1. The predicted molar refractivity (Wildman–Crippen MR) is 72.1 cm³/mol. The first kappa shape index (κ1) is 12.4. The van der Waals surface area contributed by atoms with Gasteiger partial charge in [-0.05, 0) is 6.42 Å². The molecule has 0 radical (unpaired) electrons. The van der Waals surface area contributed by atoms with E-state index in [1.54, 1.807) is 0 Å². The Morgan fingerprint density at radius 2 is 2.11 bits per heavy atom. The zero-order valence-electron chi connectivity index (χ0n) is 9.79. The third-order valence-corrected chi connectivity index (χ3v) is 3.40. The molecule has 2 heterocycles. The minimum atomic E-state index is -0.502. The van der Waals surface area contributed by atoms with Crippen molar-refractivity contribution in [1.82, 2.24) is 14.2 Å². The van der Waals surface area contributed by atoms with Gasteiger partial charge in [0.1, 0.15) is 4.70 Å². The van der Waals surface area contributed by atoms with Crippen LogP contribution in [0.1, 0.15) is 13.3 Å². The van der Waals surface area contributed by atoms with Crippen LogP contribution in [0.4, 0.5) is 5.95 Å². The van der Waals surface area contributed by atoms with Crippen LogP contribution in [0.25, 0.3) is 10.3 Å². The van der Waals surface area contributed by atoms with E-state index in [0.717, 1.165) is 22.4 Å². The Morgan fingerprint density at radius 1 is 1.39 bits per heavy atom. The van der Waals surface area contributed by atoms with E-state index in [4.69, 9.17) is 11.6 Å². The van der Waals surface area contributed by atoms with Gasteiger partial charge in [-0.25, -0.2) is 0 Å². The zero-order chi connectivity index (χ0) is 13.3. The van der Waals surface area contributed by atoms with Crippen molar-refractivity contribution in [2.45, 2.75) is 19.9 Å². The molecule has 18 heavy (non-hydrogen) atoms. The smallest absolute Gasteiger partial charge is 0.309 e. The van der Waals surface area contributed by atoms with Crippen LogP contribution in [-0.2, 0) is 6.54 Å². The van der Waals surface area contributed by atoms with Crippen molar-refractivity contribution in [3.63, 3.8) is 0 Å². The summed E-state index contributed by atoms with van der Waals surface area (Å²) in [6.07, 6.45) is 4.66. The normalized spacial score (nSPS) is 11.6. The average Bonchev–Trinajstić information content (AvgIpc) is 2.65. The number of nitrogens with two attached hydrogens (primary N) is 2. The van der Waals surface area contributed by atoms with Crippen LogP contribution in [0.2, 0.25) is 0 Å². The molecule has 2 rings (SSSR count). The van der Waals surface area contributed by atoms with Gasteiger partial charge in [-0.1, -0.05) is 30.4 Å². The maximum absolute atomic E-state index is 11.8. The van der Waals surface area contributed by atoms with Crippen molar-refractivity contribution < 1.29 is 0 Å². The Hall–Kier alpha value is -2.09. The topological polar surface area (TPSA) is 109 Å². The van der Waals surface area contributed by atoms with E-state index in [-0.39, 0.29) is 21.2 Å². The highest BCUT2D eigenvalue weighted by atomic mass is 32.1. The van der Waals surface area contributed by atoms with Gasteiger partial charge in [0.15, 0.2) is 5.65 Å². The minimum absolute atomic E-state index is 0.112. The van der Waals surface area contributed by atoms with Gasteiger partial charge in [-0.2, -0.15) is 9.66 Å². The summed E-state index contributed by atoms with van der Waals surface area (Å²) in [5, 5.41) is 0. The molecule has 0 saturated carbocycles. The molecule has 0 aromatic carbocycles. The lowest BCUT2D eigenvalue weighted by Gasteiger charge is -2.03. The van der Waals surface area contributed by atoms with Crippen molar-refractivity contribution >= 4 is 27.6 Å². The van der Waals surface area contributed by atoms with Crippen molar-refractivity contribution in [1.29, 1.82) is 0 Å². The molecule has 2 aromatic rings. The number of allylic oxidation sites excluding steroid dienone is 2. The van der Waals surface area contributed by atoms with Crippen molar-refractivity contribution in [3.05, 3.63) is 32.2 Å². The average molecular weight is 267 g/mol. The fourth-order valence-electron chi connectivity index (χ4n) is 1.53. The SMILES string of the molecule is CC/C=C/Cn1c(=O)sc2c(=O)n(N)c(N)nc21. The van der Waals surface area contributed by atoms with E-state index >= 15 is 0 Å².